The van der Waals surface area contributed by atoms with Crippen LogP contribution in [0.2, 0.25) is 0 Å². The van der Waals surface area contributed by atoms with Crippen molar-refractivity contribution in [1.29, 1.82) is 0 Å². The van der Waals surface area contributed by atoms with Gasteiger partial charge in [0.25, 0.3) is 0 Å². The first kappa shape index (κ1) is 20.0. The Morgan fingerprint density at radius 1 is 0.969 bits per heavy atom. The average molecular weight is 442 g/mol. The highest BCUT2D eigenvalue weighted by Crippen LogP contribution is 2.37. The number of hydrogen-bond acceptors (Lipinski definition) is 5. The SMILES string of the molecule is O=C(CC1Sc2ccccc2NC1=O)Nc1ccccc1-c1nc(-c2ccccc2)n[nH]1. The number of aromatic amines is 1. The zero-order chi connectivity index (χ0) is 21.9. The third-order valence-corrected chi connectivity index (χ3v) is 6.33. The molecule has 32 heavy (non-hydrogen) atoms. The van der Waals surface area contributed by atoms with Crippen LogP contribution >= 0.6 is 11.8 Å². The second kappa shape index (κ2) is 8.68. The van der Waals surface area contributed by atoms with Gasteiger partial charge in [0.2, 0.25) is 11.8 Å². The number of carbonyl (C=O) groups excluding carboxylic acids is 2. The Morgan fingerprint density at radius 2 is 1.72 bits per heavy atom. The fraction of sp³-hybridized carbons (Fsp3) is 0.0833. The van der Waals surface area contributed by atoms with Gasteiger partial charge in [-0.05, 0) is 24.3 Å². The van der Waals surface area contributed by atoms with Crippen molar-refractivity contribution in [2.24, 2.45) is 0 Å². The number of nitrogens with one attached hydrogen (secondary N) is 3. The lowest BCUT2D eigenvalue weighted by Crippen LogP contribution is -2.32. The molecule has 1 aliphatic rings. The van der Waals surface area contributed by atoms with E-state index in [-0.39, 0.29) is 18.2 Å². The third-order valence-electron chi connectivity index (χ3n) is 5.05. The Hall–Kier alpha value is -3.91. The molecule has 0 fully saturated rings. The highest BCUT2D eigenvalue weighted by molar-refractivity contribution is 8.01. The fourth-order valence-electron chi connectivity index (χ4n) is 3.49. The predicted octanol–water partition coefficient (Wildman–Crippen LogP) is 4.58. The minimum Gasteiger partial charge on any atom is -0.325 e. The van der Waals surface area contributed by atoms with Gasteiger partial charge in [0, 0.05) is 22.4 Å². The van der Waals surface area contributed by atoms with Crippen LogP contribution in [0.4, 0.5) is 11.4 Å². The number of fused-ring (bicyclic) bond motifs is 1. The first-order valence-corrected chi connectivity index (χ1v) is 11.0. The summed E-state index contributed by atoms with van der Waals surface area (Å²) in [5.41, 5.74) is 3.01. The molecule has 1 aromatic heterocycles. The van der Waals surface area contributed by atoms with Crippen LogP contribution in [0.3, 0.4) is 0 Å². The molecule has 0 aliphatic carbocycles. The van der Waals surface area contributed by atoms with Crippen LogP contribution in [0.25, 0.3) is 22.8 Å². The number of para-hydroxylation sites is 2. The molecule has 158 valence electrons. The van der Waals surface area contributed by atoms with Crippen molar-refractivity contribution in [3.05, 3.63) is 78.9 Å². The monoisotopic (exact) mass is 441 g/mol. The normalized spacial score (nSPS) is 15.0. The van der Waals surface area contributed by atoms with Crippen LogP contribution in [-0.4, -0.2) is 32.2 Å². The van der Waals surface area contributed by atoms with Gasteiger partial charge in [0.05, 0.1) is 16.6 Å². The molecule has 8 heteroatoms. The minimum absolute atomic E-state index is 0.0604. The van der Waals surface area contributed by atoms with Gasteiger partial charge in [0.15, 0.2) is 11.6 Å². The second-order valence-corrected chi connectivity index (χ2v) is 8.51. The summed E-state index contributed by atoms with van der Waals surface area (Å²) in [5, 5.41) is 12.6. The molecule has 0 spiro atoms. The van der Waals surface area contributed by atoms with Crippen LogP contribution in [0, 0.1) is 0 Å². The van der Waals surface area contributed by atoms with Gasteiger partial charge in [-0.1, -0.05) is 54.6 Å². The molecular formula is C24H19N5O2S. The summed E-state index contributed by atoms with van der Waals surface area (Å²) in [5.74, 6) is 0.723. The van der Waals surface area contributed by atoms with Crippen molar-refractivity contribution >= 4 is 35.0 Å². The maximum Gasteiger partial charge on any atom is 0.238 e. The molecule has 3 aromatic carbocycles. The molecule has 0 radical (unpaired) electrons. The van der Waals surface area contributed by atoms with Gasteiger partial charge in [-0.15, -0.1) is 11.8 Å². The van der Waals surface area contributed by atoms with Gasteiger partial charge in [-0.25, -0.2) is 4.98 Å². The molecule has 1 atom stereocenters. The molecule has 0 saturated heterocycles. The maximum atomic E-state index is 12.8. The number of H-pyrrole nitrogens is 1. The van der Waals surface area contributed by atoms with E-state index in [0.717, 1.165) is 21.7 Å². The molecular weight excluding hydrogens is 422 g/mol. The lowest BCUT2D eigenvalue weighted by Gasteiger charge is -2.23. The first-order chi connectivity index (χ1) is 15.7. The van der Waals surface area contributed by atoms with E-state index >= 15 is 0 Å². The minimum atomic E-state index is -0.493. The Kier molecular flexibility index (Phi) is 5.43. The average Bonchev–Trinajstić information content (AvgIpc) is 3.31. The van der Waals surface area contributed by atoms with Gasteiger partial charge in [-0.3, -0.25) is 14.7 Å². The van der Waals surface area contributed by atoms with Crippen LogP contribution in [-0.2, 0) is 9.59 Å². The van der Waals surface area contributed by atoms with E-state index in [1.165, 1.54) is 11.8 Å². The Balaban J connectivity index is 1.32. The summed E-state index contributed by atoms with van der Waals surface area (Å²) >= 11 is 1.40. The number of thioether (sulfide) groups is 1. The van der Waals surface area contributed by atoms with E-state index in [1.54, 1.807) is 6.07 Å². The lowest BCUT2D eigenvalue weighted by atomic mass is 10.1. The number of hydrogen-bond donors (Lipinski definition) is 3. The third kappa shape index (κ3) is 4.13. The van der Waals surface area contributed by atoms with E-state index in [1.807, 2.05) is 72.8 Å². The van der Waals surface area contributed by atoms with Crippen LogP contribution in [0.1, 0.15) is 6.42 Å². The summed E-state index contributed by atoms with van der Waals surface area (Å²) in [7, 11) is 0. The molecule has 4 aromatic rings. The summed E-state index contributed by atoms with van der Waals surface area (Å²) < 4.78 is 0. The van der Waals surface area contributed by atoms with Crippen LogP contribution in [0.5, 0.6) is 0 Å². The number of anilines is 2. The summed E-state index contributed by atoms with van der Waals surface area (Å²) in [6.07, 6.45) is 0.0604. The molecule has 2 heterocycles. The second-order valence-electron chi connectivity index (χ2n) is 7.26. The van der Waals surface area contributed by atoms with E-state index in [9.17, 15) is 9.59 Å². The zero-order valence-electron chi connectivity index (χ0n) is 16.9. The number of rotatable bonds is 5. The predicted molar refractivity (Wildman–Crippen MR) is 125 cm³/mol. The Labute approximate surface area is 188 Å². The summed E-state index contributed by atoms with van der Waals surface area (Å²) in [6.45, 7) is 0. The highest BCUT2D eigenvalue weighted by Gasteiger charge is 2.29. The highest BCUT2D eigenvalue weighted by atomic mass is 32.2. The topological polar surface area (TPSA) is 99.8 Å². The fourth-order valence-corrected chi connectivity index (χ4v) is 4.60. The van der Waals surface area contributed by atoms with Gasteiger partial charge >= 0.3 is 0 Å². The van der Waals surface area contributed by atoms with Crippen molar-refractivity contribution in [3.8, 4) is 22.8 Å². The largest absolute Gasteiger partial charge is 0.325 e. The summed E-state index contributed by atoms with van der Waals surface area (Å²) in [6, 6.07) is 24.6. The number of aromatic nitrogens is 3. The van der Waals surface area contributed by atoms with Crippen molar-refractivity contribution in [2.75, 3.05) is 10.6 Å². The standard InChI is InChI=1S/C24H19N5O2S/c30-21(14-20-24(31)26-18-12-6-7-13-19(18)32-20)25-17-11-5-4-10-16(17)23-27-22(28-29-23)15-8-2-1-3-9-15/h1-13,20H,14H2,(H,25,30)(H,26,31)(H,27,28,29). The molecule has 7 nitrogen and oxygen atoms in total. The molecule has 0 saturated carbocycles. The number of nitrogens with zero attached hydrogens (tertiary/aromatic N) is 2. The van der Waals surface area contributed by atoms with Gasteiger partial charge in [-0.2, -0.15) is 5.10 Å². The van der Waals surface area contributed by atoms with Gasteiger partial charge < -0.3 is 10.6 Å². The molecule has 1 unspecified atom stereocenters. The van der Waals surface area contributed by atoms with Gasteiger partial charge in [0.1, 0.15) is 0 Å². The number of carbonyl (C=O) groups is 2. The van der Waals surface area contributed by atoms with E-state index in [0.29, 0.717) is 17.3 Å². The van der Waals surface area contributed by atoms with Crippen LogP contribution < -0.4 is 10.6 Å². The summed E-state index contributed by atoms with van der Waals surface area (Å²) in [4.78, 5) is 30.8. The van der Waals surface area contributed by atoms with E-state index < -0.39 is 5.25 Å². The van der Waals surface area contributed by atoms with Crippen LogP contribution in [0.15, 0.2) is 83.8 Å². The number of benzene rings is 3. The van der Waals surface area contributed by atoms with E-state index in [2.05, 4.69) is 25.8 Å². The molecule has 3 N–H and O–H groups in total. The first-order valence-electron chi connectivity index (χ1n) is 10.1. The molecule has 5 rings (SSSR count). The van der Waals surface area contributed by atoms with Crippen molar-refractivity contribution in [2.45, 2.75) is 16.6 Å². The Bertz CT molecular complexity index is 1290. The van der Waals surface area contributed by atoms with E-state index in [4.69, 9.17) is 0 Å². The Morgan fingerprint density at radius 3 is 2.59 bits per heavy atom. The quantitative estimate of drug-likeness (QED) is 0.421. The molecule has 1 aliphatic heterocycles. The molecule has 2 amide bonds. The lowest BCUT2D eigenvalue weighted by molar-refractivity contribution is -0.120. The van der Waals surface area contributed by atoms with Crippen molar-refractivity contribution < 1.29 is 9.59 Å². The smallest absolute Gasteiger partial charge is 0.238 e. The number of amides is 2. The maximum absolute atomic E-state index is 12.8. The zero-order valence-corrected chi connectivity index (χ0v) is 17.7. The molecule has 0 bridgehead atoms. The van der Waals surface area contributed by atoms with Crippen molar-refractivity contribution in [1.82, 2.24) is 15.2 Å². The van der Waals surface area contributed by atoms with Crippen molar-refractivity contribution in [3.63, 3.8) is 0 Å².